The van der Waals surface area contributed by atoms with Crippen molar-refractivity contribution in [2.45, 2.75) is 13.8 Å². The van der Waals surface area contributed by atoms with Crippen molar-refractivity contribution in [2.75, 3.05) is 17.3 Å². The lowest BCUT2D eigenvalue weighted by atomic mass is 10.0. The van der Waals surface area contributed by atoms with Crippen molar-refractivity contribution in [3.8, 4) is 5.75 Å². The highest BCUT2D eigenvalue weighted by molar-refractivity contribution is 6.46. The standard InChI is InChI=1S/C25H20Cl2N2O3/c1-14-7-9-16(10-8-14)22-23(28-19-6-4-5-18(27)15(19)2)25(31)29(24(22)30)20-13-17(26)11-12-21(20)32-3/h4-13,28H,1-3H3. The number of ether oxygens (including phenoxy) is 1. The van der Waals surface area contributed by atoms with Crippen LogP contribution in [0.1, 0.15) is 16.7 Å². The molecule has 1 N–H and O–H groups in total. The second-order valence-corrected chi connectivity index (χ2v) is 8.26. The molecule has 0 aliphatic carbocycles. The predicted molar refractivity (Wildman–Crippen MR) is 128 cm³/mol. The maximum absolute atomic E-state index is 13.6. The van der Waals surface area contributed by atoms with Crippen LogP contribution in [0.3, 0.4) is 0 Å². The van der Waals surface area contributed by atoms with E-state index in [0.29, 0.717) is 27.0 Å². The first-order valence-electron chi connectivity index (χ1n) is 9.87. The molecular formula is C25H20Cl2N2O3. The minimum absolute atomic E-state index is 0.159. The van der Waals surface area contributed by atoms with Crippen molar-refractivity contribution in [3.05, 3.63) is 93.1 Å². The zero-order chi connectivity index (χ0) is 23.0. The number of anilines is 2. The normalized spacial score (nSPS) is 13.7. The summed E-state index contributed by atoms with van der Waals surface area (Å²) in [5.74, 6) is -0.619. The minimum atomic E-state index is -0.509. The van der Waals surface area contributed by atoms with Crippen LogP contribution in [0.2, 0.25) is 10.0 Å². The van der Waals surface area contributed by atoms with Gasteiger partial charge in [-0.3, -0.25) is 9.59 Å². The summed E-state index contributed by atoms with van der Waals surface area (Å²) in [6.07, 6.45) is 0. The quantitative estimate of drug-likeness (QED) is 0.467. The number of carbonyl (C=O) groups excluding carboxylic acids is 2. The van der Waals surface area contributed by atoms with Crippen molar-refractivity contribution in [2.24, 2.45) is 0 Å². The smallest absolute Gasteiger partial charge is 0.282 e. The molecule has 7 heteroatoms. The molecule has 0 bridgehead atoms. The van der Waals surface area contributed by atoms with E-state index in [0.717, 1.165) is 16.0 Å². The first-order chi connectivity index (χ1) is 15.3. The van der Waals surface area contributed by atoms with Gasteiger partial charge in [-0.25, -0.2) is 4.90 Å². The van der Waals surface area contributed by atoms with E-state index in [9.17, 15) is 9.59 Å². The number of nitrogens with one attached hydrogen (secondary N) is 1. The maximum Gasteiger partial charge on any atom is 0.282 e. The van der Waals surface area contributed by atoms with Crippen LogP contribution in [0.4, 0.5) is 11.4 Å². The Labute approximate surface area is 196 Å². The molecule has 1 heterocycles. The zero-order valence-corrected chi connectivity index (χ0v) is 19.2. The number of methoxy groups -OCH3 is 1. The van der Waals surface area contributed by atoms with E-state index in [-0.39, 0.29) is 17.0 Å². The summed E-state index contributed by atoms with van der Waals surface area (Å²) in [6, 6.07) is 17.6. The second kappa shape index (κ2) is 8.69. The van der Waals surface area contributed by atoms with Crippen LogP contribution in [0, 0.1) is 13.8 Å². The lowest BCUT2D eigenvalue weighted by molar-refractivity contribution is -0.120. The van der Waals surface area contributed by atoms with Gasteiger partial charge in [-0.05, 0) is 55.3 Å². The summed E-state index contributed by atoms with van der Waals surface area (Å²) in [6.45, 7) is 3.80. The lowest BCUT2D eigenvalue weighted by Crippen LogP contribution is -2.32. The Kier molecular flexibility index (Phi) is 5.96. The number of nitrogens with zero attached hydrogens (tertiary/aromatic N) is 1. The second-order valence-electron chi connectivity index (χ2n) is 7.42. The summed E-state index contributed by atoms with van der Waals surface area (Å²) in [5, 5.41) is 4.09. The molecule has 3 aromatic rings. The molecule has 0 saturated carbocycles. The Morgan fingerprint density at radius 3 is 2.31 bits per heavy atom. The Bertz CT molecular complexity index is 1270. The van der Waals surface area contributed by atoms with Gasteiger partial charge in [-0.1, -0.05) is 59.1 Å². The topological polar surface area (TPSA) is 58.6 Å². The third-order valence-electron chi connectivity index (χ3n) is 5.33. The molecule has 162 valence electrons. The number of amides is 2. The molecule has 0 unspecified atom stereocenters. The number of imide groups is 1. The van der Waals surface area contributed by atoms with Gasteiger partial charge in [0.15, 0.2) is 0 Å². The zero-order valence-electron chi connectivity index (χ0n) is 17.7. The largest absolute Gasteiger partial charge is 0.495 e. The highest BCUT2D eigenvalue weighted by Gasteiger charge is 2.41. The van der Waals surface area contributed by atoms with Gasteiger partial charge in [0.05, 0.1) is 18.4 Å². The summed E-state index contributed by atoms with van der Waals surface area (Å²) < 4.78 is 5.39. The van der Waals surface area contributed by atoms with E-state index in [1.807, 2.05) is 38.1 Å². The van der Waals surface area contributed by atoms with Crippen molar-refractivity contribution in [3.63, 3.8) is 0 Å². The van der Waals surface area contributed by atoms with Gasteiger partial charge in [0, 0.05) is 15.7 Å². The highest BCUT2D eigenvalue weighted by Crippen LogP contribution is 2.39. The fourth-order valence-corrected chi connectivity index (χ4v) is 3.91. The molecule has 1 aliphatic heterocycles. The van der Waals surface area contributed by atoms with Crippen LogP contribution in [-0.4, -0.2) is 18.9 Å². The van der Waals surface area contributed by atoms with Crippen LogP contribution in [0.15, 0.2) is 66.4 Å². The number of aryl methyl sites for hydroxylation is 1. The first-order valence-corrected chi connectivity index (χ1v) is 10.6. The Morgan fingerprint density at radius 1 is 0.906 bits per heavy atom. The molecule has 0 aromatic heterocycles. The van der Waals surface area contributed by atoms with E-state index in [4.69, 9.17) is 27.9 Å². The van der Waals surface area contributed by atoms with E-state index >= 15 is 0 Å². The van der Waals surface area contributed by atoms with Gasteiger partial charge >= 0.3 is 0 Å². The summed E-state index contributed by atoms with van der Waals surface area (Å²) in [7, 11) is 1.47. The van der Waals surface area contributed by atoms with Crippen LogP contribution in [0.25, 0.3) is 5.57 Å². The van der Waals surface area contributed by atoms with Crippen LogP contribution >= 0.6 is 23.2 Å². The van der Waals surface area contributed by atoms with Crippen LogP contribution in [0.5, 0.6) is 5.75 Å². The predicted octanol–water partition coefficient (Wildman–Crippen LogP) is 6.02. The number of rotatable bonds is 5. The summed E-state index contributed by atoms with van der Waals surface area (Å²) in [4.78, 5) is 28.3. The molecule has 0 saturated heterocycles. The molecule has 0 spiro atoms. The lowest BCUT2D eigenvalue weighted by Gasteiger charge is -2.19. The molecule has 0 atom stereocenters. The molecule has 0 fully saturated rings. The van der Waals surface area contributed by atoms with E-state index in [2.05, 4.69) is 5.32 Å². The maximum atomic E-state index is 13.6. The van der Waals surface area contributed by atoms with Crippen molar-refractivity contribution < 1.29 is 14.3 Å². The van der Waals surface area contributed by atoms with Crippen molar-refractivity contribution in [1.82, 2.24) is 0 Å². The van der Waals surface area contributed by atoms with Crippen LogP contribution < -0.4 is 15.0 Å². The van der Waals surface area contributed by atoms with Gasteiger partial charge < -0.3 is 10.1 Å². The van der Waals surface area contributed by atoms with E-state index in [1.165, 1.54) is 13.2 Å². The highest BCUT2D eigenvalue weighted by atomic mass is 35.5. The van der Waals surface area contributed by atoms with Gasteiger partial charge in [0.1, 0.15) is 11.4 Å². The number of hydrogen-bond donors (Lipinski definition) is 1. The third kappa shape index (κ3) is 3.85. The summed E-state index contributed by atoms with van der Waals surface area (Å²) >= 11 is 12.4. The van der Waals surface area contributed by atoms with E-state index < -0.39 is 11.8 Å². The van der Waals surface area contributed by atoms with E-state index in [1.54, 1.807) is 30.3 Å². The van der Waals surface area contributed by atoms with Crippen molar-refractivity contribution in [1.29, 1.82) is 0 Å². The molecule has 2 amide bonds. The Morgan fingerprint density at radius 2 is 1.62 bits per heavy atom. The Hall–Kier alpha value is -3.28. The van der Waals surface area contributed by atoms with Crippen LogP contribution in [-0.2, 0) is 9.59 Å². The number of carbonyl (C=O) groups is 2. The average molecular weight is 467 g/mol. The minimum Gasteiger partial charge on any atom is -0.495 e. The average Bonchev–Trinajstić information content (AvgIpc) is 3.01. The third-order valence-corrected chi connectivity index (χ3v) is 5.98. The SMILES string of the molecule is COc1ccc(Cl)cc1N1C(=O)C(Nc2cccc(Cl)c2C)=C(c2ccc(C)cc2)C1=O. The number of hydrogen-bond acceptors (Lipinski definition) is 4. The van der Waals surface area contributed by atoms with Gasteiger partial charge in [0.2, 0.25) is 0 Å². The fraction of sp³-hybridized carbons (Fsp3) is 0.120. The van der Waals surface area contributed by atoms with Gasteiger partial charge in [0.25, 0.3) is 11.8 Å². The molecule has 4 rings (SSSR count). The molecule has 5 nitrogen and oxygen atoms in total. The van der Waals surface area contributed by atoms with Crippen molar-refractivity contribution >= 4 is 52.0 Å². The molecular weight excluding hydrogens is 447 g/mol. The molecule has 32 heavy (non-hydrogen) atoms. The fourth-order valence-electron chi connectivity index (χ4n) is 3.57. The number of benzene rings is 3. The molecule has 3 aromatic carbocycles. The number of halogens is 2. The Balaban J connectivity index is 1.88. The molecule has 0 radical (unpaired) electrons. The van der Waals surface area contributed by atoms with Gasteiger partial charge in [-0.15, -0.1) is 0 Å². The monoisotopic (exact) mass is 466 g/mol. The molecule has 1 aliphatic rings. The summed E-state index contributed by atoms with van der Waals surface area (Å²) in [5.41, 5.74) is 3.77. The first kappa shape index (κ1) is 21.9. The van der Waals surface area contributed by atoms with Gasteiger partial charge in [-0.2, -0.15) is 0 Å².